The van der Waals surface area contributed by atoms with Crippen molar-refractivity contribution in [1.82, 2.24) is 4.90 Å². The van der Waals surface area contributed by atoms with Crippen molar-refractivity contribution < 1.29 is 9.47 Å². The number of hydrogen-bond acceptors (Lipinski definition) is 4. The highest BCUT2D eigenvalue weighted by Crippen LogP contribution is 2.42. The average molecular weight is 326 g/mol. The summed E-state index contributed by atoms with van der Waals surface area (Å²) in [5.74, 6) is 1.58. The highest BCUT2D eigenvalue weighted by atomic mass is 16.5. The number of ether oxygens (including phenoxy) is 2. The topological polar surface area (TPSA) is 45.5 Å². The molecule has 0 aromatic heterocycles. The number of piperidine rings is 1. The van der Waals surface area contributed by atoms with E-state index in [2.05, 4.69) is 23.1 Å². The molecule has 3 fully saturated rings. The van der Waals surface area contributed by atoms with E-state index in [4.69, 9.17) is 9.47 Å². The molecular weight excluding hydrogens is 300 g/mol. The van der Waals surface area contributed by atoms with Crippen LogP contribution in [0, 0.1) is 11.3 Å². The van der Waals surface area contributed by atoms with Gasteiger partial charge in [0.25, 0.3) is 0 Å². The van der Waals surface area contributed by atoms with Gasteiger partial charge in [-0.05, 0) is 62.6 Å². The Morgan fingerprint density at radius 2 is 1.88 bits per heavy atom. The molecule has 1 aromatic rings. The molecule has 0 amide bonds. The lowest BCUT2D eigenvalue weighted by Gasteiger charge is -2.38. The molecule has 0 unspecified atom stereocenters. The summed E-state index contributed by atoms with van der Waals surface area (Å²) in [6.45, 7) is 2.06. The zero-order chi connectivity index (χ0) is 16.6. The predicted molar refractivity (Wildman–Crippen MR) is 92.4 cm³/mol. The normalized spacial score (nSPS) is 24.0. The Balaban J connectivity index is 1.56. The largest absolute Gasteiger partial charge is 0.493 e. The molecule has 4 heteroatoms. The number of benzene rings is 1. The monoisotopic (exact) mass is 326 g/mol. The number of nitriles is 1. The first-order valence-corrected chi connectivity index (χ1v) is 9.24. The summed E-state index contributed by atoms with van der Waals surface area (Å²) >= 11 is 0. The zero-order valence-electron chi connectivity index (χ0n) is 14.5. The van der Waals surface area contributed by atoms with Crippen molar-refractivity contribution in [2.24, 2.45) is 0 Å². The maximum absolute atomic E-state index is 9.95. The number of likely N-dealkylation sites (tertiary alicyclic amines) is 1. The fourth-order valence-corrected chi connectivity index (χ4v) is 3.91. The number of methoxy groups -OCH3 is 1. The molecule has 2 saturated carbocycles. The molecule has 4 rings (SSSR count). The van der Waals surface area contributed by atoms with Crippen LogP contribution in [-0.2, 0) is 5.41 Å². The van der Waals surface area contributed by atoms with Gasteiger partial charge in [0.2, 0.25) is 0 Å². The van der Waals surface area contributed by atoms with Gasteiger partial charge in [-0.3, -0.25) is 0 Å². The molecular formula is C20H26N2O2. The van der Waals surface area contributed by atoms with Crippen LogP contribution < -0.4 is 9.47 Å². The van der Waals surface area contributed by atoms with Gasteiger partial charge < -0.3 is 14.4 Å². The van der Waals surface area contributed by atoms with Crippen molar-refractivity contribution >= 4 is 0 Å². The maximum atomic E-state index is 9.95. The summed E-state index contributed by atoms with van der Waals surface area (Å²) in [6, 6.07) is 9.51. The van der Waals surface area contributed by atoms with Crippen LogP contribution in [0.15, 0.2) is 18.2 Å². The van der Waals surface area contributed by atoms with Crippen LogP contribution in [0.2, 0.25) is 0 Å². The second-order valence-electron chi connectivity index (χ2n) is 7.50. The van der Waals surface area contributed by atoms with E-state index < -0.39 is 0 Å². The number of hydrogen-bond donors (Lipinski definition) is 0. The van der Waals surface area contributed by atoms with Gasteiger partial charge in [0.1, 0.15) is 0 Å². The Hall–Kier alpha value is -1.73. The third-order valence-electron chi connectivity index (χ3n) is 5.99. The smallest absolute Gasteiger partial charge is 0.161 e. The number of nitrogens with zero attached hydrogens (tertiary/aromatic N) is 2. The van der Waals surface area contributed by atoms with Crippen molar-refractivity contribution in [3.8, 4) is 17.6 Å². The van der Waals surface area contributed by atoms with E-state index in [-0.39, 0.29) is 5.41 Å². The van der Waals surface area contributed by atoms with Gasteiger partial charge in [-0.25, -0.2) is 0 Å². The summed E-state index contributed by atoms with van der Waals surface area (Å²) in [7, 11) is 1.68. The summed E-state index contributed by atoms with van der Waals surface area (Å²) in [5, 5.41) is 9.95. The Labute approximate surface area is 144 Å². The first kappa shape index (κ1) is 15.8. The summed E-state index contributed by atoms with van der Waals surface area (Å²) in [5.41, 5.74) is 0.714. The fourth-order valence-electron chi connectivity index (χ4n) is 3.91. The van der Waals surface area contributed by atoms with Gasteiger partial charge in [0.15, 0.2) is 11.5 Å². The van der Waals surface area contributed by atoms with Gasteiger partial charge in [0.05, 0.1) is 24.7 Å². The third kappa shape index (κ3) is 2.86. The van der Waals surface area contributed by atoms with E-state index >= 15 is 0 Å². The van der Waals surface area contributed by atoms with Crippen LogP contribution in [0.3, 0.4) is 0 Å². The summed E-state index contributed by atoms with van der Waals surface area (Å²) in [4.78, 5) is 2.56. The lowest BCUT2D eigenvalue weighted by molar-refractivity contribution is 0.115. The molecule has 3 aliphatic rings. The quantitative estimate of drug-likeness (QED) is 0.828. The molecule has 0 bridgehead atoms. The van der Waals surface area contributed by atoms with Crippen molar-refractivity contribution in [2.75, 3.05) is 20.2 Å². The molecule has 1 saturated heterocycles. The molecule has 1 aromatic carbocycles. The second kappa shape index (κ2) is 6.29. The van der Waals surface area contributed by atoms with Crippen molar-refractivity contribution in [2.45, 2.75) is 62.5 Å². The molecule has 24 heavy (non-hydrogen) atoms. The van der Waals surface area contributed by atoms with Crippen LogP contribution in [0.5, 0.6) is 11.5 Å². The first-order valence-electron chi connectivity index (χ1n) is 9.24. The summed E-state index contributed by atoms with van der Waals surface area (Å²) in [6.07, 6.45) is 8.28. The van der Waals surface area contributed by atoms with E-state index in [1.165, 1.54) is 19.3 Å². The van der Waals surface area contributed by atoms with Crippen molar-refractivity contribution in [1.29, 1.82) is 5.26 Å². The highest BCUT2D eigenvalue weighted by Gasteiger charge is 2.40. The van der Waals surface area contributed by atoms with Gasteiger partial charge in [0, 0.05) is 19.1 Å². The van der Waals surface area contributed by atoms with Crippen LogP contribution in [-0.4, -0.2) is 37.2 Å². The van der Waals surface area contributed by atoms with E-state index in [1.54, 1.807) is 7.11 Å². The molecule has 2 aliphatic carbocycles. The molecule has 0 radical (unpaired) electrons. The van der Waals surface area contributed by atoms with Gasteiger partial charge >= 0.3 is 0 Å². The molecule has 0 atom stereocenters. The van der Waals surface area contributed by atoms with Crippen LogP contribution in [0.25, 0.3) is 0 Å². The van der Waals surface area contributed by atoms with Crippen LogP contribution >= 0.6 is 0 Å². The Morgan fingerprint density at radius 3 is 2.42 bits per heavy atom. The average Bonchev–Trinajstić information content (AvgIpc) is 3.43. The van der Waals surface area contributed by atoms with E-state index in [1.807, 2.05) is 6.07 Å². The molecule has 128 valence electrons. The minimum absolute atomic E-state index is 0.309. The molecule has 0 spiro atoms. The lowest BCUT2D eigenvalue weighted by atomic mass is 9.74. The highest BCUT2D eigenvalue weighted by molar-refractivity contribution is 5.47. The van der Waals surface area contributed by atoms with Gasteiger partial charge in [-0.15, -0.1) is 0 Å². The SMILES string of the molecule is COc1ccc(C2(C#N)CCN(C3CC3)CC2)cc1OC1CCC1. The Kier molecular flexibility index (Phi) is 4.14. The molecule has 4 nitrogen and oxygen atoms in total. The summed E-state index contributed by atoms with van der Waals surface area (Å²) < 4.78 is 11.6. The second-order valence-corrected chi connectivity index (χ2v) is 7.50. The maximum Gasteiger partial charge on any atom is 0.161 e. The molecule has 0 N–H and O–H groups in total. The predicted octanol–water partition coefficient (Wildman–Crippen LogP) is 3.65. The Bertz CT molecular complexity index is 636. The van der Waals surface area contributed by atoms with Crippen LogP contribution in [0.4, 0.5) is 0 Å². The Morgan fingerprint density at radius 1 is 1.12 bits per heavy atom. The van der Waals surface area contributed by atoms with Crippen molar-refractivity contribution in [3.63, 3.8) is 0 Å². The van der Waals surface area contributed by atoms with E-state index in [0.717, 1.165) is 61.9 Å². The zero-order valence-corrected chi connectivity index (χ0v) is 14.5. The minimum Gasteiger partial charge on any atom is -0.493 e. The van der Waals surface area contributed by atoms with Crippen LogP contribution in [0.1, 0.15) is 50.5 Å². The minimum atomic E-state index is -0.380. The number of rotatable bonds is 5. The van der Waals surface area contributed by atoms with E-state index in [0.29, 0.717) is 6.10 Å². The first-order chi connectivity index (χ1) is 11.7. The third-order valence-corrected chi connectivity index (χ3v) is 5.99. The standard InChI is InChI=1S/C20H26N2O2/c1-23-18-8-5-15(13-19(18)24-17-3-2-4-17)20(14-21)9-11-22(12-10-20)16-6-7-16/h5,8,13,16-17H,2-4,6-7,9-12H2,1H3. The molecule has 1 aliphatic heterocycles. The lowest BCUT2D eigenvalue weighted by Crippen LogP contribution is -2.42. The van der Waals surface area contributed by atoms with Crippen molar-refractivity contribution in [3.05, 3.63) is 23.8 Å². The van der Waals surface area contributed by atoms with Gasteiger partial charge in [-0.2, -0.15) is 5.26 Å². The van der Waals surface area contributed by atoms with Gasteiger partial charge in [-0.1, -0.05) is 6.07 Å². The molecule has 1 heterocycles. The fraction of sp³-hybridized carbons (Fsp3) is 0.650. The van der Waals surface area contributed by atoms with E-state index in [9.17, 15) is 5.26 Å².